The fourth-order valence-electron chi connectivity index (χ4n) is 5.41. The third-order valence-corrected chi connectivity index (χ3v) is 7.27. The Morgan fingerprint density at radius 2 is 1.82 bits per heavy atom. The van der Waals surface area contributed by atoms with Crippen molar-refractivity contribution in [2.24, 2.45) is 0 Å². The lowest BCUT2D eigenvalue weighted by atomic mass is 9.87. The second-order valence-electron chi connectivity index (χ2n) is 9.67. The van der Waals surface area contributed by atoms with E-state index in [0.717, 1.165) is 38.0 Å². The molecule has 2 aliphatic rings. The van der Waals surface area contributed by atoms with Crippen molar-refractivity contribution in [2.45, 2.75) is 45.4 Å². The van der Waals surface area contributed by atoms with Gasteiger partial charge in [-0.1, -0.05) is 73.7 Å². The van der Waals surface area contributed by atoms with Crippen molar-refractivity contribution in [2.75, 3.05) is 11.6 Å². The minimum atomic E-state index is 0.106. The van der Waals surface area contributed by atoms with Crippen LogP contribution in [0.15, 0.2) is 72.8 Å². The molecule has 1 aromatic heterocycles. The Kier molecular flexibility index (Phi) is 7.11. The van der Waals surface area contributed by atoms with Crippen LogP contribution < -0.4 is 10.4 Å². The highest BCUT2D eigenvalue weighted by atomic mass is 16.5. The number of nitrogens with one attached hydrogen (secondary N) is 2. The topological polar surface area (TPSA) is 79.0 Å². The van der Waals surface area contributed by atoms with E-state index >= 15 is 0 Å². The van der Waals surface area contributed by atoms with Crippen molar-refractivity contribution in [1.82, 2.24) is 26.0 Å². The molecule has 1 saturated heterocycles. The molecule has 2 N–H and O–H groups in total. The quantitative estimate of drug-likeness (QED) is 0.297. The zero-order valence-electron chi connectivity index (χ0n) is 21.6. The first-order chi connectivity index (χ1) is 18.8. The molecule has 6 rings (SSSR count). The van der Waals surface area contributed by atoms with Crippen LogP contribution >= 0.6 is 0 Å². The van der Waals surface area contributed by atoms with Crippen LogP contribution in [-0.2, 0) is 11.3 Å². The number of hydrogen-bond donors (Lipinski definition) is 2. The van der Waals surface area contributed by atoms with Gasteiger partial charge < -0.3 is 4.74 Å². The monoisotopic (exact) mass is 504 g/mol. The van der Waals surface area contributed by atoms with Crippen molar-refractivity contribution in [3.63, 3.8) is 0 Å². The van der Waals surface area contributed by atoms with Crippen LogP contribution in [0.3, 0.4) is 0 Å². The first-order valence-corrected chi connectivity index (χ1v) is 13.4. The maximum Gasteiger partial charge on any atom is 0.197 e. The molecule has 3 aromatic carbocycles. The molecule has 1 unspecified atom stereocenters. The second kappa shape index (κ2) is 11.1. The highest BCUT2D eigenvalue weighted by molar-refractivity contribution is 5.99. The van der Waals surface area contributed by atoms with Gasteiger partial charge in [0.25, 0.3) is 0 Å². The Labute approximate surface area is 223 Å². The number of nitrogens with zero attached hydrogens (tertiary/aromatic N) is 4. The van der Waals surface area contributed by atoms with Crippen LogP contribution in [0.4, 0.5) is 5.69 Å². The normalized spacial score (nSPS) is 18.0. The number of benzene rings is 3. The molecule has 4 aromatic rings. The summed E-state index contributed by atoms with van der Waals surface area (Å²) in [5.41, 5.74) is 13.5. The van der Waals surface area contributed by atoms with E-state index in [1.807, 2.05) is 12.2 Å². The summed E-state index contributed by atoms with van der Waals surface area (Å²) in [7, 11) is 0. The first kappa shape index (κ1) is 24.3. The fourth-order valence-corrected chi connectivity index (χ4v) is 5.41. The smallest absolute Gasteiger partial charge is 0.197 e. The maximum atomic E-state index is 6.07. The summed E-state index contributed by atoms with van der Waals surface area (Å²) in [6.45, 7) is 3.88. The van der Waals surface area contributed by atoms with E-state index in [0.29, 0.717) is 5.82 Å². The van der Waals surface area contributed by atoms with Gasteiger partial charge >= 0.3 is 0 Å². The molecule has 7 nitrogen and oxygen atoms in total. The number of hydrazine groups is 1. The summed E-state index contributed by atoms with van der Waals surface area (Å²) in [4.78, 5) is 0. The summed E-state index contributed by atoms with van der Waals surface area (Å²) < 4.78 is 6.07. The maximum absolute atomic E-state index is 6.07. The van der Waals surface area contributed by atoms with Gasteiger partial charge in [0.2, 0.25) is 0 Å². The third kappa shape index (κ3) is 5.03. The number of ether oxygens (including phenoxy) is 1. The second-order valence-corrected chi connectivity index (χ2v) is 9.67. The number of H-pyrrole nitrogens is 1. The zero-order valence-corrected chi connectivity index (χ0v) is 21.6. The lowest BCUT2D eigenvalue weighted by Gasteiger charge is -2.32. The highest BCUT2D eigenvalue weighted by Gasteiger charge is 2.28. The minimum absolute atomic E-state index is 0.106. The molecule has 7 heteroatoms. The molecule has 1 atom stereocenters. The number of aromatic amines is 1. The summed E-state index contributed by atoms with van der Waals surface area (Å²) in [6, 6.07) is 26.3. The van der Waals surface area contributed by atoms with Crippen LogP contribution in [0.5, 0.6) is 0 Å². The van der Waals surface area contributed by atoms with Crippen LogP contribution in [-0.4, -0.2) is 33.5 Å². The van der Waals surface area contributed by atoms with Crippen molar-refractivity contribution >= 4 is 29.0 Å². The van der Waals surface area contributed by atoms with Crippen LogP contribution in [0.1, 0.15) is 66.2 Å². The van der Waals surface area contributed by atoms with Crippen LogP contribution in [0.25, 0.3) is 23.3 Å². The Morgan fingerprint density at radius 1 is 0.974 bits per heavy atom. The standard InChI is InChI=1S/C31H32N6O/c1-2-27(23-8-4-3-5-9-23)31(24-14-11-22(12-15-24)13-18-29-33-35-36-34-29)25-16-17-28-26(20-25)21-32-37(28)30-10-6-7-19-38-30/h3-5,8-9,11-18,20,30,32H,2,6-7,10,19,21H2,1H3,(H,33,34,35,36)/b18-13+,31-27+. The zero-order chi connectivity index (χ0) is 25.7. The first-order valence-electron chi connectivity index (χ1n) is 13.4. The number of fused-ring (bicyclic) bond motifs is 1. The van der Waals surface area contributed by atoms with Gasteiger partial charge in [0.15, 0.2) is 5.82 Å². The van der Waals surface area contributed by atoms with Gasteiger partial charge in [0.05, 0.1) is 5.69 Å². The van der Waals surface area contributed by atoms with Crippen LogP contribution in [0, 0.1) is 0 Å². The molecule has 0 bridgehead atoms. The Balaban J connectivity index is 1.38. The van der Waals surface area contributed by atoms with Crippen molar-refractivity contribution in [3.8, 4) is 0 Å². The minimum Gasteiger partial charge on any atom is -0.357 e. The van der Waals surface area contributed by atoms with E-state index in [9.17, 15) is 0 Å². The predicted octanol–water partition coefficient (Wildman–Crippen LogP) is 6.09. The van der Waals surface area contributed by atoms with Gasteiger partial charge in [-0.25, -0.2) is 5.43 Å². The van der Waals surface area contributed by atoms with E-state index in [1.54, 1.807) is 0 Å². The van der Waals surface area contributed by atoms with Gasteiger partial charge in [-0.05, 0) is 88.1 Å². The van der Waals surface area contributed by atoms with E-state index < -0.39 is 0 Å². The van der Waals surface area contributed by atoms with Crippen molar-refractivity contribution in [3.05, 3.63) is 106 Å². The van der Waals surface area contributed by atoms with Gasteiger partial charge in [0, 0.05) is 13.2 Å². The average Bonchev–Trinajstić information content (AvgIpc) is 3.66. The number of tetrazole rings is 1. The molecule has 0 spiro atoms. The number of rotatable bonds is 7. The van der Waals surface area contributed by atoms with Crippen LogP contribution in [0.2, 0.25) is 0 Å². The van der Waals surface area contributed by atoms with E-state index in [-0.39, 0.29) is 6.23 Å². The van der Waals surface area contributed by atoms with E-state index in [2.05, 4.69) is 111 Å². The Hall–Kier alpha value is -4.07. The molecule has 2 aliphatic heterocycles. The molecular weight excluding hydrogens is 472 g/mol. The molecule has 0 saturated carbocycles. The summed E-state index contributed by atoms with van der Waals surface area (Å²) in [5, 5.41) is 16.3. The van der Waals surface area contributed by atoms with Gasteiger partial charge in [-0.15, -0.1) is 10.2 Å². The molecule has 38 heavy (non-hydrogen) atoms. The number of aromatic nitrogens is 4. The molecule has 0 radical (unpaired) electrons. The molecule has 0 aliphatic carbocycles. The SMILES string of the molecule is CC/C(=C(/c1ccc(/C=C/c2nn[nH]n2)cc1)c1ccc2c(c1)CNN2C1CCCCO1)c1ccccc1. The van der Waals surface area contributed by atoms with Crippen molar-refractivity contribution in [1.29, 1.82) is 0 Å². The average molecular weight is 505 g/mol. The van der Waals surface area contributed by atoms with Gasteiger partial charge in [-0.3, -0.25) is 5.01 Å². The number of hydrogen-bond acceptors (Lipinski definition) is 6. The highest BCUT2D eigenvalue weighted by Crippen LogP contribution is 2.38. The molecular formula is C31H32N6O. The van der Waals surface area contributed by atoms with E-state index in [1.165, 1.54) is 45.5 Å². The molecule has 0 amide bonds. The van der Waals surface area contributed by atoms with Gasteiger partial charge in [-0.2, -0.15) is 5.21 Å². The Morgan fingerprint density at radius 3 is 2.55 bits per heavy atom. The number of allylic oxidation sites excluding steroid dienone is 1. The van der Waals surface area contributed by atoms with Gasteiger partial charge in [0.1, 0.15) is 6.23 Å². The summed E-state index contributed by atoms with van der Waals surface area (Å²) >= 11 is 0. The largest absolute Gasteiger partial charge is 0.357 e. The lowest BCUT2D eigenvalue weighted by molar-refractivity contribution is 0.00928. The summed E-state index contributed by atoms with van der Waals surface area (Å²) in [5.74, 6) is 0.562. The third-order valence-electron chi connectivity index (χ3n) is 7.27. The van der Waals surface area contributed by atoms with E-state index in [4.69, 9.17) is 4.74 Å². The molecule has 1 fully saturated rings. The Bertz CT molecular complexity index is 1420. The predicted molar refractivity (Wildman–Crippen MR) is 152 cm³/mol. The number of anilines is 1. The molecule has 3 heterocycles. The van der Waals surface area contributed by atoms with Crippen molar-refractivity contribution < 1.29 is 4.74 Å². The summed E-state index contributed by atoms with van der Waals surface area (Å²) in [6.07, 6.45) is 8.30. The fraction of sp³-hybridized carbons (Fsp3) is 0.258. The lowest BCUT2D eigenvalue weighted by Crippen LogP contribution is -2.44. The molecule has 192 valence electrons.